The second-order valence-electron chi connectivity index (χ2n) is 4.88. The molecule has 0 aromatic heterocycles. The minimum absolute atomic E-state index is 0.0682. The largest absolute Gasteiger partial charge is 0.435 e. The summed E-state index contributed by atoms with van der Waals surface area (Å²) in [6.07, 6.45) is 0.878. The minimum atomic E-state index is -2.86. The number of aryl methyl sites for hydroxylation is 1. The molecule has 1 aliphatic heterocycles. The summed E-state index contributed by atoms with van der Waals surface area (Å²) in [5, 5.41) is 2.77. The molecule has 0 spiro atoms. The lowest BCUT2D eigenvalue weighted by Gasteiger charge is -2.18. The fraction of sp³-hybridized carbons (Fsp3) is 0.500. The molecule has 116 valence electrons. The summed E-state index contributed by atoms with van der Waals surface area (Å²) < 4.78 is 33.8. The monoisotopic (exact) mass is 300 g/mol. The zero-order valence-electron chi connectivity index (χ0n) is 11.9. The summed E-state index contributed by atoms with van der Waals surface area (Å²) in [6.45, 7) is 0.0419. The Bertz CT molecular complexity index is 511. The highest BCUT2D eigenvalue weighted by molar-refractivity contribution is 5.90. The molecule has 21 heavy (non-hydrogen) atoms. The third kappa shape index (κ3) is 4.04. The van der Waals surface area contributed by atoms with Crippen molar-refractivity contribution in [1.29, 1.82) is 0 Å². The van der Waals surface area contributed by atoms with E-state index in [1.807, 2.05) is 0 Å². The second kappa shape index (κ2) is 6.71. The number of benzene rings is 1. The van der Waals surface area contributed by atoms with Gasteiger partial charge in [-0.15, -0.1) is 0 Å². The lowest BCUT2D eigenvalue weighted by Crippen LogP contribution is -2.34. The van der Waals surface area contributed by atoms with Crippen LogP contribution in [-0.4, -0.2) is 43.8 Å². The van der Waals surface area contributed by atoms with E-state index in [-0.39, 0.29) is 17.9 Å². The molecule has 7 heteroatoms. The van der Waals surface area contributed by atoms with Crippen LogP contribution in [0.15, 0.2) is 18.2 Å². The van der Waals surface area contributed by atoms with Crippen molar-refractivity contribution in [2.45, 2.75) is 26.1 Å². The van der Waals surface area contributed by atoms with E-state index in [9.17, 15) is 13.6 Å². The van der Waals surface area contributed by atoms with Gasteiger partial charge in [-0.05, 0) is 37.1 Å². The first-order valence-electron chi connectivity index (χ1n) is 6.63. The number of anilines is 1. The molecule has 2 rings (SSSR count). The SMILES string of the molecule is CO[C@@H]1CCN(C(=O)Nc2ccc(OC(F)F)cc2C)C1. The number of carbonyl (C=O) groups excluding carboxylic acids is 1. The molecule has 1 fully saturated rings. The molecule has 1 aromatic rings. The number of alkyl halides is 2. The van der Waals surface area contributed by atoms with Crippen LogP contribution in [0.1, 0.15) is 12.0 Å². The Morgan fingerprint density at radius 1 is 1.48 bits per heavy atom. The number of nitrogens with one attached hydrogen (secondary N) is 1. The summed E-state index contributed by atoms with van der Waals surface area (Å²) in [6, 6.07) is 4.19. The van der Waals surface area contributed by atoms with Crippen molar-refractivity contribution in [3.8, 4) is 5.75 Å². The smallest absolute Gasteiger partial charge is 0.387 e. The number of halogens is 2. The highest BCUT2D eigenvalue weighted by Crippen LogP contribution is 2.23. The fourth-order valence-electron chi connectivity index (χ4n) is 2.25. The summed E-state index contributed by atoms with van der Waals surface area (Å²) in [5.41, 5.74) is 1.23. The van der Waals surface area contributed by atoms with Gasteiger partial charge in [-0.2, -0.15) is 8.78 Å². The van der Waals surface area contributed by atoms with E-state index in [4.69, 9.17) is 4.74 Å². The van der Waals surface area contributed by atoms with Crippen molar-refractivity contribution >= 4 is 11.7 Å². The maximum Gasteiger partial charge on any atom is 0.387 e. The highest BCUT2D eigenvalue weighted by Gasteiger charge is 2.26. The number of hydrogen-bond acceptors (Lipinski definition) is 3. The number of ether oxygens (including phenoxy) is 2. The van der Waals surface area contributed by atoms with Crippen LogP contribution in [0.5, 0.6) is 5.75 Å². The van der Waals surface area contributed by atoms with Gasteiger partial charge < -0.3 is 19.7 Å². The summed E-state index contributed by atoms with van der Waals surface area (Å²) in [5.74, 6) is 0.0705. The molecular weight excluding hydrogens is 282 g/mol. The van der Waals surface area contributed by atoms with E-state index in [0.29, 0.717) is 24.3 Å². The van der Waals surface area contributed by atoms with Crippen molar-refractivity contribution in [2.75, 3.05) is 25.5 Å². The zero-order valence-corrected chi connectivity index (χ0v) is 11.9. The van der Waals surface area contributed by atoms with Crippen LogP contribution in [0.2, 0.25) is 0 Å². The van der Waals surface area contributed by atoms with E-state index in [1.165, 1.54) is 12.1 Å². The van der Waals surface area contributed by atoms with Gasteiger partial charge in [-0.3, -0.25) is 0 Å². The summed E-state index contributed by atoms with van der Waals surface area (Å²) in [4.78, 5) is 13.8. The molecule has 0 aliphatic carbocycles. The van der Waals surface area contributed by atoms with Gasteiger partial charge in [0.25, 0.3) is 0 Å². The van der Waals surface area contributed by atoms with Crippen LogP contribution in [0.25, 0.3) is 0 Å². The molecule has 5 nitrogen and oxygen atoms in total. The van der Waals surface area contributed by atoms with Gasteiger partial charge in [0.2, 0.25) is 0 Å². The first kappa shape index (κ1) is 15.5. The molecule has 1 saturated heterocycles. The molecule has 1 aromatic carbocycles. The van der Waals surface area contributed by atoms with Crippen LogP contribution in [0, 0.1) is 6.92 Å². The molecule has 1 N–H and O–H groups in total. The van der Waals surface area contributed by atoms with Gasteiger partial charge in [0, 0.05) is 25.9 Å². The fourth-order valence-corrected chi connectivity index (χ4v) is 2.25. The van der Waals surface area contributed by atoms with E-state index >= 15 is 0 Å². The third-order valence-electron chi connectivity index (χ3n) is 3.43. The van der Waals surface area contributed by atoms with Gasteiger partial charge in [-0.25, -0.2) is 4.79 Å². The molecule has 0 radical (unpaired) electrons. The van der Waals surface area contributed by atoms with Crippen molar-refractivity contribution in [3.05, 3.63) is 23.8 Å². The van der Waals surface area contributed by atoms with Crippen molar-refractivity contribution in [3.63, 3.8) is 0 Å². The second-order valence-corrected chi connectivity index (χ2v) is 4.88. The number of rotatable bonds is 4. The van der Waals surface area contributed by atoms with Crippen molar-refractivity contribution in [2.24, 2.45) is 0 Å². The van der Waals surface area contributed by atoms with Crippen LogP contribution in [0.4, 0.5) is 19.3 Å². The number of hydrogen-bond donors (Lipinski definition) is 1. The van der Waals surface area contributed by atoms with E-state index < -0.39 is 6.61 Å². The number of urea groups is 1. The van der Waals surface area contributed by atoms with Gasteiger partial charge in [0.1, 0.15) is 5.75 Å². The molecule has 1 atom stereocenters. The quantitative estimate of drug-likeness (QED) is 0.930. The highest BCUT2D eigenvalue weighted by atomic mass is 19.3. The number of carbonyl (C=O) groups is 1. The van der Waals surface area contributed by atoms with E-state index in [1.54, 1.807) is 25.0 Å². The Morgan fingerprint density at radius 2 is 2.24 bits per heavy atom. The Kier molecular flexibility index (Phi) is 4.95. The van der Waals surface area contributed by atoms with Crippen molar-refractivity contribution in [1.82, 2.24) is 4.90 Å². The Balaban J connectivity index is 1.98. The average molecular weight is 300 g/mol. The van der Waals surface area contributed by atoms with Gasteiger partial charge in [-0.1, -0.05) is 0 Å². The van der Waals surface area contributed by atoms with Crippen LogP contribution < -0.4 is 10.1 Å². The molecule has 2 amide bonds. The Labute approximate surface area is 121 Å². The Morgan fingerprint density at radius 3 is 2.81 bits per heavy atom. The standard InChI is InChI=1S/C14H18F2N2O3/c1-9-7-10(21-13(15)16)3-4-12(9)17-14(19)18-6-5-11(8-18)20-2/h3-4,7,11,13H,5-6,8H2,1-2H3,(H,17,19)/t11-/m1/s1. The molecule has 0 saturated carbocycles. The van der Waals surface area contributed by atoms with Crippen LogP contribution in [0.3, 0.4) is 0 Å². The van der Waals surface area contributed by atoms with E-state index in [0.717, 1.165) is 6.42 Å². The lowest BCUT2D eigenvalue weighted by atomic mass is 10.2. The zero-order chi connectivity index (χ0) is 15.4. The number of nitrogens with zero attached hydrogens (tertiary/aromatic N) is 1. The normalized spacial score (nSPS) is 18.1. The third-order valence-corrected chi connectivity index (χ3v) is 3.43. The first-order valence-corrected chi connectivity index (χ1v) is 6.63. The average Bonchev–Trinajstić information content (AvgIpc) is 2.90. The van der Waals surface area contributed by atoms with Gasteiger partial charge >= 0.3 is 12.6 Å². The topological polar surface area (TPSA) is 50.8 Å². The minimum Gasteiger partial charge on any atom is -0.435 e. The van der Waals surface area contributed by atoms with Gasteiger partial charge in [0.15, 0.2) is 0 Å². The Hall–Kier alpha value is -1.89. The number of amides is 2. The maximum atomic E-state index is 12.1. The molecule has 0 unspecified atom stereocenters. The predicted octanol–water partition coefficient (Wildman–Crippen LogP) is 2.85. The van der Waals surface area contributed by atoms with Crippen molar-refractivity contribution < 1.29 is 23.0 Å². The molecule has 0 bridgehead atoms. The molecule has 1 aliphatic rings. The number of methoxy groups -OCH3 is 1. The molecular formula is C14H18F2N2O3. The lowest BCUT2D eigenvalue weighted by molar-refractivity contribution is -0.0498. The number of likely N-dealkylation sites (tertiary alicyclic amines) is 1. The maximum absolute atomic E-state index is 12.1. The summed E-state index contributed by atoms with van der Waals surface area (Å²) >= 11 is 0. The van der Waals surface area contributed by atoms with E-state index in [2.05, 4.69) is 10.1 Å². The predicted molar refractivity (Wildman–Crippen MR) is 73.8 cm³/mol. The first-order chi connectivity index (χ1) is 9.99. The van der Waals surface area contributed by atoms with Crippen LogP contribution >= 0.6 is 0 Å². The van der Waals surface area contributed by atoms with Crippen LogP contribution in [-0.2, 0) is 4.74 Å². The molecule has 1 heterocycles. The summed E-state index contributed by atoms with van der Waals surface area (Å²) in [7, 11) is 1.62. The van der Waals surface area contributed by atoms with Gasteiger partial charge in [0.05, 0.1) is 6.10 Å².